The number of ether oxygens (including phenoxy) is 1. The van der Waals surface area contributed by atoms with Gasteiger partial charge in [0, 0.05) is 48.5 Å². The van der Waals surface area contributed by atoms with Gasteiger partial charge in [0.1, 0.15) is 17.4 Å². The lowest BCUT2D eigenvalue weighted by Crippen LogP contribution is -2.35. The summed E-state index contributed by atoms with van der Waals surface area (Å²) in [6.45, 7) is 1.28. The van der Waals surface area contributed by atoms with E-state index in [9.17, 15) is 18.4 Å². The second kappa shape index (κ2) is 10.5. The molecule has 3 heterocycles. The summed E-state index contributed by atoms with van der Waals surface area (Å²) in [7, 11) is 0. The second-order valence-corrected chi connectivity index (χ2v) is 8.50. The van der Waals surface area contributed by atoms with Crippen molar-refractivity contribution in [2.45, 2.75) is 4.90 Å². The lowest BCUT2D eigenvalue weighted by atomic mass is 10.3. The number of nitrogens with one attached hydrogen (secondary N) is 1. The largest absolute Gasteiger partial charge is 0.465 e. The van der Waals surface area contributed by atoms with Gasteiger partial charge in [-0.2, -0.15) is 0 Å². The highest BCUT2D eigenvalue weighted by Crippen LogP contribution is 2.39. The third kappa shape index (κ3) is 5.54. The number of hydrogen-bond donors (Lipinski definition) is 3. The fourth-order valence-corrected chi connectivity index (χ4v) is 4.31. The molecule has 0 saturated carbocycles. The molecule has 0 aliphatic carbocycles. The predicted octanol–water partition coefficient (Wildman–Crippen LogP) is 4.86. The molecule has 0 spiro atoms. The average Bonchev–Trinajstić information content (AvgIpc) is 3.23. The summed E-state index contributed by atoms with van der Waals surface area (Å²) >= 11 is 1.65. The Morgan fingerprint density at radius 3 is 2.57 bits per heavy atom. The SMILES string of the molecule is Nc1ccc(Oc2ccnc3c2SCCN3)c(F)c1.O=C(O)N1CCN(c2ccc(F)cc2)C1=O. The summed E-state index contributed by atoms with van der Waals surface area (Å²) in [5.41, 5.74) is 6.38. The highest BCUT2D eigenvalue weighted by atomic mass is 32.2. The molecule has 2 aromatic carbocycles. The Labute approximate surface area is 203 Å². The van der Waals surface area contributed by atoms with Crippen LogP contribution in [-0.2, 0) is 0 Å². The zero-order valence-corrected chi connectivity index (χ0v) is 19.1. The first-order valence-corrected chi connectivity index (χ1v) is 11.5. The molecule has 1 aromatic heterocycles. The van der Waals surface area contributed by atoms with Crippen molar-refractivity contribution >= 4 is 41.1 Å². The molecule has 0 atom stereocenters. The molecule has 2 aliphatic heterocycles. The fraction of sp³-hybridized carbons (Fsp3) is 0.174. The maximum absolute atomic E-state index is 13.7. The molecule has 4 N–H and O–H groups in total. The minimum Gasteiger partial charge on any atom is -0.465 e. The second-order valence-electron chi connectivity index (χ2n) is 7.40. The zero-order valence-electron chi connectivity index (χ0n) is 18.3. The number of hydrogen-bond acceptors (Lipinski definition) is 7. The van der Waals surface area contributed by atoms with Gasteiger partial charge in [-0.15, -0.1) is 11.8 Å². The number of amides is 3. The lowest BCUT2D eigenvalue weighted by Gasteiger charge is -2.19. The van der Waals surface area contributed by atoms with Crippen LogP contribution in [0.25, 0.3) is 0 Å². The van der Waals surface area contributed by atoms with Crippen LogP contribution in [0.5, 0.6) is 11.5 Å². The van der Waals surface area contributed by atoms with Gasteiger partial charge in [0.2, 0.25) is 0 Å². The molecule has 12 heteroatoms. The molecule has 0 unspecified atom stereocenters. The molecule has 0 bridgehead atoms. The number of urea groups is 1. The Bertz CT molecular complexity index is 1250. The number of carbonyl (C=O) groups excluding carboxylic acids is 1. The molecule has 5 rings (SSSR count). The number of thioether (sulfide) groups is 1. The minimum atomic E-state index is -1.27. The summed E-state index contributed by atoms with van der Waals surface area (Å²) in [4.78, 5) is 29.4. The number of pyridine rings is 1. The number of halogens is 2. The molecule has 2 aliphatic rings. The summed E-state index contributed by atoms with van der Waals surface area (Å²) in [6, 6.07) is 10.9. The summed E-state index contributed by atoms with van der Waals surface area (Å²) in [5, 5.41) is 11.9. The van der Waals surface area contributed by atoms with Crippen molar-refractivity contribution in [1.29, 1.82) is 0 Å². The van der Waals surface area contributed by atoms with Gasteiger partial charge in [-0.3, -0.25) is 4.90 Å². The number of rotatable bonds is 3. The van der Waals surface area contributed by atoms with E-state index in [0.717, 1.165) is 27.9 Å². The Kier molecular flexibility index (Phi) is 7.20. The first-order chi connectivity index (χ1) is 16.8. The van der Waals surface area contributed by atoms with E-state index in [1.54, 1.807) is 30.1 Å². The van der Waals surface area contributed by atoms with E-state index in [2.05, 4.69) is 10.3 Å². The van der Waals surface area contributed by atoms with E-state index < -0.39 is 23.8 Å². The van der Waals surface area contributed by atoms with E-state index in [0.29, 0.717) is 17.1 Å². The van der Waals surface area contributed by atoms with E-state index in [4.69, 9.17) is 15.6 Å². The van der Waals surface area contributed by atoms with Crippen molar-refractivity contribution in [2.24, 2.45) is 0 Å². The molecule has 182 valence electrons. The van der Waals surface area contributed by atoms with Crippen LogP contribution in [0, 0.1) is 11.6 Å². The molecular weight excluding hydrogens is 480 g/mol. The first-order valence-electron chi connectivity index (χ1n) is 10.5. The van der Waals surface area contributed by atoms with Crippen LogP contribution in [-0.4, -0.2) is 52.5 Å². The topological polar surface area (TPSA) is 121 Å². The van der Waals surface area contributed by atoms with Crippen LogP contribution in [0.4, 0.5) is 35.6 Å². The normalized spacial score (nSPS) is 14.5. The van der Waals surface area contributed by atoms with Gasteiger partial charge in [-0.25, -0.2) is 28.3 Å². The highest BCUT2D eigenvalue weighted by molar-refractivity contribution is 7.99. The standard InChI is InChI=1S/C13H12FN3OS.C10H9FN2O3/c14-9-7-8(15)1-2-10(9)18-11-3-4-16-13-12(11)19-6-5-17-13;11-7-1-3-8(4-2-7)12-5-6-13(9(12)14)10(15)16/h1-4,7H,5-6,15H2,(H,16,17);1-4H,5-6H2,(H,15,16). The van der Waals surface area contributed by atoms with Crippen molar-refractivity contribution in [3.8, 4) is 11.5 Å². The zero-order chi connectivity index (χ0) is 24.9. The van der Waals surface area contributed by atoms with Crippen LogP contribution in [0.3, 0.4) is 0 Å². The monoisotopic (exact) mass is 501 g/mol. The highest BCUT2D eigenvalue weighted by Gasteiger charge is 2.33. The smallest absolute Gasteiger partial charge is 0.415 e. The number of nitrogens with zero attached hydrogens (tertiary/aromatic N) is 3. The van der Waals surface area contributed by atoms with E-state index in [-0.39, 0.29) is 18.8 Å². The minimum absolute atomic E-state index is 0.130. The van der Waals surface area contributed by atoms with Crippen LogP contribution >= 0.6 is 11.8 Å². The number of nitrogen functional groups attached to an aromatic ring is 1. The number of imide groups is 1. The third-order valence-electron chi connectivity index (χ3n) is 5.06. The van der Waals surface area contributed by atoms with E-state index in [1.165, 1.54) is 41.3 Å². The third-order valence-corrected chi connectivity index (χ3v) is 6.15. The van der Waals surface area contributed by atoms with Crippen molar-refractivity contribution in [3.05, 3.63) is 66.4 Å². The van der Waals surface area contributed by atoms with Gasteiger partial charge in [-0.05, 0) is 36.4 Å². The predicted molar refractivity (Wildman–Crippen MR) is 128 cm³/mol. The lowest BCUT2D eigenvalue weighted by molar-refractivity contribution is 0.158. The van der Waals surface area contributed by atoms with E-state index in [1.807, 2.05) is 0 Å². The number of benzene rings is 2. The van der Waals surface area contributed by atoms with Crippen molar-refractivity contribution < 1.29 is 28.2 Å². The van der Waals surface area contributed by atoms with Gasteiger partial charge in [0.15, 0.2) is 11.6 Å². The summed E-state index contributed by atoms with van der Waals surface area (Å²) in [6.07, 6.45) is 0.372. The van der Waals surface area contributed by atoms with E-state index >= 15 is 0 Å². The van der Waals surface area contributed by atoms with Crippen molar-refractivity contribution in [1.82, 2.24) is 9.88 Å². The molecule has 9 nitrogen and oxygen atoms in total. The molecule has 1 saturated heterocycles. The Balaban J connectivity index is 0.000000168. The van der Waals surface area contributed by atoms with Gasteiger partial charge >= 0.3 is 12.1 Å². The Morgan fingerprint density at radius 1 is 1.11 bits per heavy atom. The van der Waals surface area contributed by atoms with Crippen LogP contribution in [0.1, 0.15) is 0 Å². The average molecular weight is 502 g/mol. The van der Waals surface area contributed by atoms with Crippen LogP contribution in [0.15, 0.2) is 59.6 Å². The van der Waals surface area contributed by atoms with Crippen molar-refractivity contribution in [2.75, 3.05) is 41.3 Å². The number of carboxylic acid groups (broad SMARTS) is 1. The number of nitrogens with two attached hydrogens (primary N) is 1. The van der Waals surface area contributed by atoms with Gasteiger partial charge < -0.3 is 20.9 Å². The molecule has 3 amide bonds. The molecule has 3 aromatic rings. The Morgan fingerprint density at radius 2 is 1.89 bits per heavy atom. The maximum Gasteiger partial charge on any atom is 0.415 e. The number of anilines is 3. The van der Waals surface area contributed by atoms with Gasteiger partial charge in [0.25, 0.3) is 0 Å². The van der Waals surface area contributed by atoms with Gasteiger partial charge in [-0.1, -0.05) is 0 Å². The maximum atomic E-state index is 13.7. The Hall–Kier alpha value is -4.06. The quantitative estimate of drug-likeness (QED) is 0.435. The summed E-state index contributed by atoms with van der Waals surface area (Å²) in [5.74, 6) is 1.60. The van der Waals surface area contributed by atoms with Crippen LogP contribution < -0.4 is 20.7 Å². The number of carbonyl (C=O) groups is 2. The molecular formula is C23H21F2N5O4S. The van der Waals surface area contributed by atoms with Crippen LogP contribution in [0.2, 0.25) is 0 Å². The molecule has 0 radical (unpaired) electrons. The van der Waals surface area contributed by atoms with Gasteiger partial charge in [0.05, 0.1) is 11.4 Å². The molecule has 35 heavy (non-hydrogen) atoms. The molecule has 1 fully saturated rings. The number of fused-ring (bicyclic) bond motifs is 1. The van der Waals surface area contributed by atoms with Crippen molar-refractivity contribution in [3.63, 3.8) is 0 Å². The fourth-order valence-electron chi connectivity index (χ4n) is 3.39. The number of aromatic nitrogens is 1. The first kappa shape index (κ1) is 24.1. The summed E-state index contributed by atoms with van der Waals surface area (Å²) < 4.78 is 32.0.